The Bertz CT molecular complexity index is 1140. The van der Waals surface area contributed by atoms with Gasteiger partial charge in [-0.3, -0.25) is 9.69 Å². The summed E-state index contributed by atoms with van der Waals surface area (Å²) < 4.78 is 51.8. The Morgan fingerprint density at radius 2 is 1.77 bits per heavy atom. The van der Waals surface area contributed by atoms with Crippen LogP contribution in [0.2, 0.25) is 0 Å². The van der Waals surface area contributed by atoms with E-state index in [1.807, 2.05) is 20.8 Å². The largest absolute Gasteiger partial charge is 0.444 e. The highest BCUT2D eigenvalue weighted by molar-refractivity contribution is 5.78. The molecule has 0 unspecified atom stereocenters. The highest BCUT2D eigenvalue weighted by atomic mass is 19.4. The fourth-order valence-electron chi connectivity index (χ4n) is 7.68. The molecule has 0 bridgehead atoms. The van der Waals surface area contributed by atoms with Crippen molar-refractivity contribution in [2.45, 2.75) is 116 Å². The molecule has 3 heterocycles. The van der Waals surface area contributed by atoms with Crippen molar-refractivity contribution >= 4 is 12.0 Å². The van der Waals surface area contributed by atoms with E-state index >= 15 is 0 Å². The zero-order valence-corrected chi connectivity index (χ0v) is 26.3. The summed E-state index contributed by atoms with van der Waals surface area (Å²) in [5, 5.41) is 0. The average molecular weight is 608 g/mol. The quantitative estimate of drug-likeness (QED) is 0.360. The number of nitrogens with zero attached hydrogens (tertiary/aromatic N) is 3. The normalized spacial score (nSPS) is 28.8. The molecule has 0 N–H and O–H groups in total. The van der Waals surface area contributed by atoms with Crippen LogP contribution in [0.25, 0.3) is 0 Å². The molecule has 0 aromatic heterocycles. The second kappa shape index (κ2) is 12.2. The molecule has 1 saturated carbocycles. The third-order valence-corrected chi connectivity index (χ3v) is 9.96. The SMILES string of the molecule is CC(C)[C@H]1CO[C@]23CC[C@H](N(Cc4ccc(C(F)(F)F)cc4)CC4CCN(C(=O)OC(C)(C)C)CC4)C[C@H]2CCC(=O)N13. The first-order valence-corrected chi connectivity index (χ1v) is 16.0. The van der Waals surface area contributed by atoms with E-state index < -0.39 is 23.1 Å². The molecular formula is C33H48F3N3O4. The zero-order valence-electron chi connectivity index (χ0n) is 26.3. The Morgan fingerprint density at radius 1 is 1.09 bits per heavy atom. The molecule has 0 radical (unpaired) electrons. The fourth-order valence-corrected chi connectivity index (χ4v) is 7.68. The van der Waals surface area contributed by atoms with Gasteiger partial charge in [-0.15, -0.1) is 0 Å². The molecule has 43 heavy (non-hydrogen) atoms. The molecule has 2 amide bonds. The average Bonchev–Trinajstić information content (AvgIpc) is 3.33. The number of likely N-dealkylation sites (tertiary alicyclic amines) is 1. The van der Waals surface area contributed by atoms with Crippen LogP contribution in [-0.2, 0) is 27.0 Å². The molecular weight excluding hydrogens is 559 g/mol. The van der Waals surface area contributed by atoms with Gasteiger partial charge in [-0.1, -0.05) is 26.0 Å². The molecule has 4 fully saturated rings. The molecule has 5 rings (SSSR count). The number of hydrogen-bond acceptors (Lipinski definition) is 5. The van der Waals surface area contributed by atoms with Crippen LogP contribution in [0, 0.1) is 17.8 Å². The number of alkyl halides is 3. The van der Waals surface area contributed by atoms with E-state index in [0.29, 0.717) is 44.5 Å². The summed E-state index contributed by atoms with van der Waals surface area (Å²) in [6.07, 6.45) is 0.934. The van der Waals surface area contributed by atoms with Gasteiger partial charge >= 0.3 is 12.3 Å². The molecule has 4 aliphatic rings. The van der Waals surface area contributed by atoms with Crippen LogP contribution < -0.4 is 0 Å². The zero-order chi connectivity index (χ0) is 31.2. The van der Waals surface area contributed by atoms with Crippen molar-refractivity contribution in [1.82, 2.24) is 14.7 Å². The van der Waals surface area contributed by atoms with Crippen molar-refractivity contribution in [3.63, 3.8) is 0 Å². The van der Waals surface area contributed by atoms with Gasteiger partial charge in [0, 0.05) is 44.6 Å². The molecule has 7 nitrogen and oxygen atoms in total. The first-order valence-electron chi connectivity index (χ1n) is 16.0. The topological polar surface area (TPSA) is 62.3 Å². The maximum Gasteiger partial charge on any atom is 0.416 e. The van der Waals surface area contributed by atoms with Crippen molar-refractivity contribution in [1.29, 1.82) is 0 Å². The van der Waals surface area contributed by atoms with Crippen LogP contribution in [0.5, 0.6) is 0 Å². The minimum Gasteiger partial charge on any atom is -0.444 e. The summed E-state index contributed by atoms with van der Waals surface area (Å²) in [5.74, 6) is 1.12. The second-order valence-electron chi connectivity index (χ2n) is 14.4. The maximum atomic E-state index is 13.2. The van der Waals surface area contributed by atoms with Crippen molar-refractivity contribution in [3.05, 3.63) is 35.4 Å². The molecule has 1 aliphatic carbocycles. The van der Waals surface area contributed by atoms with Crippen molar-refractivity contribution in [3.8, 4) is 0 Å². The maximum absolute atomic E-state index is 13.2. The van der Waals surface area contributed by atoms with Crippen molar-refractivity contribution in [2.24, 2.45) is 17.8 Å². The molecule has 4 atom stereocenters. The van der Waals surface area contributed by atoms with Gasteiger partial charge in [0.05, 0.1) is 18.2 Å². The standard InChI is InChI=1S/C33H48F3N3O4/c1-22(2)28-21-42-32-15-12-27(18-26(32)10-11-29(40)39(28)32)38(19-23-6-8-25(9-7-23)33(34,35)36)20-24-13-16-37(17-14-24)30(41)43-31(3,4)5/h6-9,22,24,26-28H,10-21H2,1-5H3/t26-,27+,28-,32-/m1/s1. The number of piperidine rings is 2. The van der Waals surface area contributed by atoms with Crippen LogP contribution in [0.15, 0.2) is 24.3 Å². The Labute approximate surface area is 254 Å². The smallest absolute Gasteiger partial charge is 0.416 e. The number of carbonyl (C=O) groups is 2. The number of ether oxygens (including phenoxy) is 2. The first kappa shape index (κ1) is 32.1. The van der Waals surface area contributed by atoms with Gasteiger partial charge < -0.3 is 19.3 Å². The van der Waals surface area contributed by atoms with Crippen LogP contribution in [0.3, 0.4) is 0 Å². The van der Waals surface area contributed by atoms with Crippen LogP contribution in [-0.4, -0.2) is 76.4 Å². The van der Waals surface area contributed by atoms with Gasteiger partial charge in [0.2, 0.25) is 5.91 Å². The Kier molecular flexibility index (Phi) is 9.12. The van der Waals surface area contributed by atoms with Crippen LogP contribution in [0.4, 0.5) is 18.0 Å². The third kappa shape index (κ3) is 7.00. The molecule has 1 aromatic rings. The Hall–Kier alpha value is -2.33. The summed E-state index contributed by atoms with van der Waals surface area (Å²) in [4.78, 5) is 32.1. The molecule has 1 aromatic carbocycles. The van der Waals surface area contributed by atoms with E-state index in [-0.39, 0.29) is 30.0 Å². The van der Waals surface area contributed by atoms with Crippen molar-refractivity contribution in [2.75, 3.05) is 26.2 Å². The molecule has 240 valence electrons. The van der Waals surface area contributed by atoms with Crippen molar-refractivity contribution < 1.29 is 32.2 Å². The van der Waals surface area contributed by atoms with E-state index in [0.717, 1.165) is 50.6 Å². The predicted molar refractivity (Wildman–Crippen MR) is 157 cm³/mol. The lowest BCUT2D eigenvalue weighted by Crippen LogP contribution is -2.63. The Morgan fingerprint density at radius 3 is 2.37 bits per heavy atom. The van der Waals surface area contributed by atoms with Gasteiger partial charge in [-0.25, -0.2) is 4.79 Å². The molecule has 1 spiro atoms. The lowest BCUT2D eigenvalue weighted by molar-refractivity contribution is -0.192. The second-order valence-corrected chi connectivity index (χ2v) is 14.4. The van der Waals surface area contributed by atoms with E-state index in [2.05, 4.69) is 23.6 Å². The lowest BCUT2D eigenvalue weighted by atomic mass is 9.72. The predicted octanol–water partition coefficient (Wildman–Crippen LogP) is 6.70. The van der Waals surface area contributed by atoms with Crippen LogP contribution in [0.1, 0.15) is 90.7 Å². The van der Waals surface area contributed by atoms with E-state index in [9.17, 15) is 22.8 Å². The van der Waals surface area contributed by atoms with Gasteiger partial charge in [-0.05, 0) is 88.8 Å². The molecule has 10 heteroatoms. The van der Waals surface area contributed by atoms with Gasteiger partial charge in [0.15, 0.2) is 0 Å². The number of amides is 2. The summed E-state index contributed by atoms with van der Waals surface area (Å²) in [5.41, 5.74) is -0.846. The Balaban J connectivity index is 1.30. The fraction of sp³-hybridized carbons (Fsp3) is 0.758. The number of halogens is 3. The first-order chi connectivity index (χ1) is 20.2. The number of rotatable bonds is 6. The number of hydrogen-bond donors (Lipinski definition) is 0. The lowest BCUT2D eigenvalue weighted by Gasteiger charge is -2.54. The number of carbonyl (C=O) groups excluding carboxylic acids is 2. The minimum absolute atomic E-state index is 0.102. The minimum atomic E-state index is -4.36. The van der Waals surface area contributed by atoms with Gasteiger partial charge in [-0.2, -0.15) is 13.2 Å². The monoisotopic (exact) mass is 607 g/mol. The summed E-state index contributed by atoms with van der Waals surface area (Å²) >= 11 is 0. The van der Waals surface area contributed by atoms with Gasteiger partial charge in [0.25, 0.3) is 0 Å². The molecule has 3 aliphatic heterocycles. The van der Waals surface area contributed by atoms with Gasteiger partial charge in [0.1, 0.15) is 11.3 Å². The van der Waals surface area contributed by atoms with E-state index in [4.69, 9.17) is 9.47 Å². The van der Waals surface area contributed by atoms with E-state index in [1.165, 1.54) is 12.1 Å². The van der Waals surface area contributed by atoms with E-state index in [1.54, 1.807) is 17.0 Å². The highest BCUT2D eigenvalue weighted by Gasteiger charge is 2.59. The number of benzene rings is 1. The summed E-state index contributed by atoms with van der Waals surface area (Å²) in [7, 11) is 0. The van der Waals surface area contributed by atoms with Crippen LogP contribution >= 0.6 is 0 Å². The highest BCUT2D eigenvalue weighted by Crippen LogP contribution is 2.51. The summed E-state index contributed by atoms with van der Waals surface area (Å²) in [6.45, 7) is 13.1. The third-order valence-electron chi connectivity index (χ3n) is 9.96. The molecule has 3 saturated heterocycles. The summed E-state index contributed by atoms with van der Waals surface area (Å²) in [6, 6.07) is 5.88.